The Labute approximate surface area is 101 Å². The minimum atomic E-state index is 1.10. The fraction of sp³-hybridized carbons (Fsp3) is 1.00. The molecular weight excluding hydrogens is 192 g/mol. The van der Waals surface area contributed by atoms with Gasteiger partial charge >= 0.3 is 0 Å². The summed E-state index contributed by atoms with van der Waals surface area (Å²) in [5, 5.41) is 0. The number of rotatable bonds is 3. The predicted molar refractivity (Wildman–Crippen MR) is 69.2 cm³/mol. The van der Waals surface area contributed by atoms with E-state index in [9.17, 15) is 0 Å². The molecule has 0 heteroatoms. The van der Waals surface area contributed by atoms with Crippen LogP contribution >= 0.6 is 0 Å². The molecule has 3 aliphatic carbocycles. The molecule has 16 heavy (non-hydrogen) atoms. The van der Waals surface area contributed by atoms with E-state index in [2.05, 4.69) is 20.8 Å². The standard InChI is InChI=1S/C16H28/c1-4-10-11(5-2)15-9-16-12(6-3)14(16)8-7-13(10)15/h10-16H,4-9H2,1-3H3. The summed E-state index contributed by atoms with van der Waals surface area (Å²) in [5.41, 5.74) is 0. The zero-order valence-electron chi connectivity index (χ0n) is 11.3. The maximum absolute atomic E-state index is 2.43. The second kappa shape index (κ2) is 4.03. The molecule has 3 fully saturated rings. The third kappa shape index (κ3) is 1.41. The van der Waals surface area contributed by atoms with E-state index in [1.807, 2.05) is 0 Å². The van der Waals surface area contributed by atoms with Crippen LogP contribution in [0, 0.1) is 41.4 Å². The predicted octanol–water partition coefficient (Wildman–Crippen LogP) is 4.74. The lowest BCUT2D eigenvalue weighted by molar-refractivity contribution is -0.0379. The molecule has 92 valence electrons. The summed E-state index contributed by atoms with van der Waals surface area (Å²) in [6.45, 7) is 7.25. The SMILES string of the molecule is CCC1C(CC)C2CC3C(CC)C3CCC12. The van der Waals surface area contributed by atoms with Crippen LogP contribution in [0.25, 0.3) is 0 Å². The summed E-state index contributed by atoms with van der Waals surface area (Å²) >= 11 is 0. The van der Waals surface area contributed by atoms with Crippen LogP contribution in [0.2, 0.25) is 0 Å². The second-order valence-electron chi connectivity index (χ2n) is 6.68. The Balaban J connectivity index is 1.68. The van der Waals surface area contributed by atoms with Crippen molar-refractivity contribution in [3.05, 3.63) is 0 Å². The first-order chi connectivity index (χ1) is 7.81. The number of hydrogen-bond donors (Lipinski definition) is 0. The van der Waals surface area contributed by atoms with Gasteiger partial charge in [-0.15, -0.1) is 0 Å². The van der Waals surface area contributed by atoms with Gasteiger partial charge in [0.2, 0.25) is 0 Å². The van der Waals surface area contributed by atoms with Crippen LogP contribution in [-0.4, -0.2) is 0 Å². The van der Waals surface area contributed by atoms with Crippen LogP contribution in [0.3, 0.4) is 0 Å². The molecule has 0 spiro atoms. The van der Waals surface area contributed by atoms with Gasteiger partial charge in [0.1, 0.15) is 0 Å². The number of hydrogen-bond acceptors (Lipinski definition) is 0. The normalized spacial score (nSPS) is 54.6. The van der Waals surface area contributed by atoms with Crippen LogP contribution in [-0.2, 0) is 0 Å². The summed E-state index contributed by atoms with van der Waals surface area (Å²) in [6, 6.07) is 0. The molecule has 3 saturated carbocycles. The molecular formula is C16H28. The van der Waals surface area contributed by atoms with E-state index < -0.39 is 0 Å². The molecule has 3 aliphatic rings. The van der Waals surface area contributed by atoms with Gasteiger partial charge in [-0.1, -0.05) is 40.0 Å². The molecule has 0 N–H and O–H groups in total. The zero-order chi connectivity index (χ0) is 11.3. The first-order valence-electron chi connectivity index (χ1n) is 7.81. The molecule has 3 rings (SSSR count). The first kappa shape index (κ1) is 11.1. The summed E-state index contributed by atoms with van der Waals surface area (Å²) < 4.78 is 0. The van der Waals surface area contributed by atoms with Gasteiger partial charge in [-0.3, -0.25) is 0 Å². The quantitative estimate of drug-likeness (QED) is 0.644. The highest BCUT2D eigenvalue weighted by molar-refractivity contribution is 5.06. The Morgan fingerprint density at radius 3 is 1.62 bits per heavy atom. The van der Waals surface area contributed by atoms with Crippen LogP contribution in [0.15, 0.2) is 0 Å². The molecule has 0 aliphatic heterocycles. The largest absolute Gasteiger partial charge is 0.0651 e. The second-order valence-corrected chi connectivity index (χ2v) is 6.68. The van der Waals surface area contributed by atoms with Crippen molar-refractivity contribution < 1.29 is 0 Å². The van der Waals surface area contributed by atoms with Crippen molar-refractivity contribution in [2.75, 3.05) is 0 Å². The Bertz CT molecular complexity index is 257. The lowest BCUT2D eigenvalue weighted by atomic mass is 9.53. The van der Waals surface area contributed by atoms with Crippen molar-refractivity contribution in [3.8, 4) is 0 Å². The Hall–Kier alpha value is 0. The maximum Gasteiger partial charge on any atom is -0.0349 e. The van der Waals surface area contributed by atoms with Crippen molar-refractivity contribution in [2.45, 2.75) is 59.3 Å². The Morgan fingerprint density at radius 2 is 1.06 bits per heavy atom. The highest BCUT2D eigenvalue weighted by Gasteiger charge is 2.57. The van der Waals surface area contributed by atoms with Crippen molar-refractivity contribution in [3.63, 3.8) is 0 Å². The molecule has 0 bridgehead atoms. The highest BCUT2D eigenvalue weighted by Crippen LogP contribution is 2.65. The van der Waals surface area contributed by atoms with E-state index in [1.165, 1.54) is 19.3 Å². The smallest absolute Gasteiger partial charge is 0.0349 e. The average molecular weight is 220 g/mol. The minimum absolute atomic E-state index is 1.10. The van der Waals surface area contributed by atoms with Gasteiger partial charge in [0.15, 0.2) is 0 Å². The van der Waals surface area contributed by atoms with Crippen LogP contribution < -0.4 is 0 Å². The lowest BCUT2D eigenvalue weighted by Crippen LogP contribution is -2.46. The third-order valence-electron chi connectivity index (χ3n) is 6.50. The average Bonchev–Trinajstić information content (AvgIpc) is 2.97. The molecule has 0 nitrogen and oxygen atoms in total. The summed E-state index contributed by atoms with van der Waals surface area (Å²) in [7, 11) is 0. The fourth-order valence-corrected chi connectivity index (χ4v) is 5.72. The van der Waals surface area contributed by atoms with Crippen LogP contribution in [0.1, 0.15) is 59.3 Å². The van der Waals surface area contributed by atoms with E-state index >= 15 is 0 Å². The molecule has 0 radical (unpaired) electrons. The minimum Gasteiger partial charge on any atom is -0.0651 e. The topological polar surface area (TPSA) is 0 Å². The molecule has 7 unspecified atom stereocenters. The van der Waals surface area contributed by atoms with Crippen molar-refractivity contribution in [1.82, 2.24) is 0 Å². The van der Waals surface area contributed by atoms with Gasteiger partial charge in [0, 0.05) is 0 Å². The first-order valence-corrected chi connectivity index (χ1v) is 7.81. The van der Waals surface area contributed by atoms with E-state index in [0.29, 0.717) is 0 Å². The van der Waals surface area contributed by atoms with Gasteiger partial charge in [0.05, 0.1) is 0 Å². The summed E-state index contributed by atoms with van der Waals surface area (Å²) in [5.74, 6) is 7.94. The van der Waals surface area contributed by atoms with Crippen LogP contribution in [0.5, 0.6) is 0 Å². The van der Waals surface area contributed by atoms with E-state index in [0.717, 1.165) is 41.4 Å². The molecule has 0 aromatic carbocycles. The molecule has 0 aromatic heterocycles. The van der Waals surface area contributed by atoms with Gasteiger partial charge < -0.3 is 0 Å². The van der Waals surface area contributed by atoms with Crippen molar-refractivity contribution in [2.24, 2.45) is 41.4 Å². The summed E-state index contributed by atoms with van der Waals surface area (Å²) in [4.78, 5) is 0. The Morgan fingerprint density at radius 1 is 0.625 bits per heavy atom. The van der Waals surface area contributed by atoms with Gasteiger partial charge in [-0.25, -0.2) is 0 Å². The van der Waals surface area contributed by atoms with Gasteiger partial charge in [0.25, 0.3) is 0 Å². The Kier molecular flexibility index (Phi) is 2.80. The molecule has 0 saturated heterocycles. The zero-order valence-corrected chi connectivity index (χ0v) is 11.3. The van der Waals surface area contributed by atoms with Gasteiger partial charge in [-0.05, 0) is 60.7 Å². The number of fused-ring (bicyclic) bond motifs is 2. The third-order valence-corrected chi connectivity index (χ3v) is 6.50. The van der Waals surface area contributed by atoms with Crippen molar-refractivity contribution >= 4 is 0 Å². The molecule has 0 amide bonds. The van der Waals surface area contributed by atoms with Gasteiger partial charge in [-0.2, -0.15) is 0 Å². The lowest BCUT2D eigenvalue weighted by Gasteiger charge is -2.52. The molecule has 0 aromatic rings. The van der Waals surface area contributed by atoms with E-state index in [1.54, 1.807) is 19.3 Å². The van der Waals surface area contributed by atoms with E-state index in [-0.39, 0.29) is 0 Å². The fourth-order valence-electron chi connectivity index (χ4n) is 5.72. The molecule has 7 atom stereocenters. The monoisotopic (exact) mass is 220 g/mol. The van der Waals surface area contributed by atoms with Crippen LogP contribution in [0.4, 0.5) is 0 Å². The van der Waals surface area contributed by atoms with Crippen molar-refractivity contribution in [1.29, 1.82) is 0 Å². The highest BCUT2D eigenvalue weighted by atomic mass is 14.6. The maximum atomic E-state index is 2.43. The molecule has 0 heterocycles. The summed E-state index contributed by atoms with van der Waals surface area (Å²) in [6.07, 6.45) is 9.14. The van der Waals surface area contributed by atoms with E-state index in [4.69, 9.17) is 0 Å².